The van der Waals surface area contributed by atoms with E-state index in [9.17, 15) is 0 Å². The van der Waals surface area contributed by atoms with Crippen LogP contribution in [0.4, 0.5) is 0 Å². The molecular formula is C27H36Si2. The number of benzene rings is 3. The summed E-state index contributed by atoms with van der Waals surface area (Å²) in [5, 5.41) is 4.96. The van der Waals surface area contributed by atoms with Gasteiger partial charge in [-0.2, -0.15) is 0 Å². The van der Waals surface area contributed by atoms with Gasteiger partial charge in [-0.05, 0) is 36.3 Å². The summed E-state index contributed by atoms with van der Waals surface area (Å²) in [4.78, 5) is 0. The highest BCUT2D eigenvalue weighted by Crippen LogP contribution is 2.33. The number of hydrogen-bond acceptors (Lipinski definition) is 0. The van der Waals surface area contributed by atoms with Crippen molar-refractivity contribution < 1.29 is 0 Å². The van der Waals surface area contributed by atoms with Gasteiger partial charge in [0.25, 0.3) is 0 Å². The van der Waals surface area contributed by atoms with Gasteiger partial charge in [0.15, 0.2) is 0 Å². The minimum Gasteiger partial charge on any atom is -0.0679 e. The van der Waals surface area contributed by atoms with E-state index in [2.05, 4.69) is 114 Å². The van der Waals surface area contributed by atoms with Crippen molar-refractivity contribution >= 4 is 30.7 Å². The molecular weight excluding hydrogens is 380 g/mol. The van der Waals surface area contributed by atoms with E-state index in [0.717, 1.165) is 0 Å². The lowest BCUT2D eigenvalue weighted by molar-refractivity contribution is 1.21. The Kier molecular flexibility index (Phi) is 6.65. The Morgan fingerprint density at radius 2 is 0.759 bits per heavy atom. The molecule has 0 aliphatic rings. The number of aryl methyl sites for hydroxylation is 3. The third kappa shape index (κ3) is 3.36. The van der Waals surface area contributed by atoms with E-state index in [-0.39, 0.29) is 0 Å². The van der Waals surface area contributed by atoms with Crippen LogP contribution in [-0.4, -0.2) is 15.2 Å². The molecule has 0 aromatic heterocycles. The highest BCUT2D eigenvalue weighted by atomic mass is 29.3. The maximum absolute atomic E-state index is 2.48. The monoisotopic (exact) mass is 416 g/mol. The van der Waals surface area contributed by atoms with Crippen LogP contribution in [0, 0.1) is 20.8 Å². The normalized spacial score (nSPS) is 12.2. The molecule has 0 N–H and O–H groups in total. The Morgan fingerprint density at radius 3 is 1.00 bits per heavy atom. The van der Waals surface area contributed by atoms with Gasteiger partial charge in [-0.3, -0.25) is 0 Å². The Bertz CT molecular complexity index is 850. The van der Waals surface area contributed by atoms with Crippen LogP contribution in [0.25, 0.3) is 0 Å². The summed E-state index contributed by atoms with van der Waals surface area (Å²) in [7, 11) is -3.87. The summed E-state index contributed by atoms with van der Waals surface area (Å²) < 4.78 is 0. The van der Waals surface area contributed by atoms with Gasteiger partial charge in [0, 0.05) is 0 Å². The van der Waals surface area contributed by atoms with E-state index in [4.69, 9.17) is 0 Å². The molecule has 0 amide bonds. The second-order valence-electron chi connectivity index (χ2n) is 8.54. The Labute approximate surface area is 179 Å². The second-order valence-corrected chi connectivity index (χ2v) is 21.8. The van der Waals surface area contributed by atoms with Gasteiger partial charge in [0.2, 0.25) is 0 Å². The van der Waals surface area contributed by atoms with Gasteiger partial charge in [0.1, 0.15) is 7.59 Å². The maximum Gasteiger partial charge on any atom is 0.140 e. The zero-order valence-corrected chi connectivity index (χ0v) is 21.0. The molecule has 0 aliphatic carbocycles. The quantitative estimate of drug-likeness (QED) is 0.344. The highest BCUT2D eigenvalue weighted by Gasteiger charge is 2.56. The van der Waals surface area contributed by atoms with Gasteiger partial charge >= 0.3 is 0 Å². The van der Waals surface area contributed by atoms with E-state index in [1.165, 1.54) is 34.8 Å². The first kappa shape index (κ1) is 21.8. The minimum absolute atomic E-state index is 1.34. The summed E-state index contributed by atoms with van der Waals surface area (Å²) in [5.74, 6) is 0. The summed E-state index contributed by atoms with van der Waals surface area (Å²) in [6.45, 7) is 14.5. The van der Waals surface area contributed by atoms with Crippen molar-refractivity contribution in [3.63, 3.8) is 0 Å². The first-order valence-electron chi connectivity index (χ1n) is 11.2. The van der Waals surface area contributed by atoms with Crippen molar-refractivity contribution in [2.45, 2.75) is 59.7 Å². The van der Waals surface area contributed by atoms with Crippen molar-refractivity contribution in [3.05, 3.63) is 89.5 Å². The zero-order valence-electron chi connectivity index (χ0n) is 19.0. The average Bonchev–Trinajstić information content (AvgIpc) is 2.74. The standard InChI is InChI=1S/C27H36Si2/c1-7-28(8-2,9-3)29(25-19-13-10-16-22(25)4,26-20-14-11-17-23(26)5)27-21-15-12-18-24(27)6/h10-21H,7-9H2,1-6H3. The molecule has 29 heavy (non-hydrogen) atoms. The molecule has 0 fully saturated rings. The molecule has 0 atom stereocenters. The molecule has 2 heteroatoms. The van der Waals surface area contributed by atoms with Crippen molar-refractivity contribution in [3.8, 4) is 0 Å². The van der Waals surface area contributed by atoms with Gasteiger partial charge in [-0.15, -0.1) is 0 Å². The molecule has 152 valence electrons. The van der Waals surface area contributed by atoms with Crippen LogP contribution in [0.2, 0.25) is 18.1 Å². The first-order chi connectivity index (χ1) is 14.0. The van der Waals surface area contributed by atoms with Crippen LogP contribution in [0.1, 0.15) is 37.5 Å². The average molecular weight is 417 g/mol. The third-order valence-electron chi connectivity index (χ3n) is 7.47. The highest BCUT2D eigenvalue weighted by molar-refractivity contribution is 7.56. The first-order valence-corrected chi connectivity index (χ1v) is 16.8. The molecule has 0 aliphatic heterocycles. The third-order valence-corrected chi connectivity index (χ3v) is 27.6. The second kappa shape index (κ2) is 8.85. The molecule has 3 rings (SSSR count). The lowest BCUT2D eigenvalue weighted by Crippen LogP contribution is -2.83. The molecule has 0 unspecified atom stereocenters. The van der Waals surface area contributed by atoms with E-state index in [0.29, 0.717) is 0 Å². The largest absolute Gasteiger partial charge is 0.140 e. The molecule has 0 radical (unpaired) electrons. The van der Waals surface area contributed by atoms with Gasteiger partial charge in [0.05, 0.1) is 7.59 Å². The van der Waals surface area contributed by atoms with E-state index < -0.39 is 15.2 Å². The van der Waals surface area contributed by atoms with Crippen LogP contribution in [-0.2, 0) is 0 Å². The Hall–Kier alpha value is -1.91. The SMILES string of the molecule is CC[Si](CC)(CC)[Si](c1ccccc1C)(c1ccccc1C)c1ccccc1C. The predicted molar refractivity (Wildman–Crippen MR) is 135 cm³/mol. The van der Waals surface area contributed by atoms with Crippen molar-refractivity contribution in [2.24, 2.45) is 0 Å². The fourth-order valence-corrected chi connectivity index (χ4v) is 27.0. The predicted octanol–water partition coefficient (Wildman–Crippen LogP) is 5.67. The van der Waals surface area contributed by atoms with Crippen molar-refractivity contribution in [1.29, 1.82) is 0 Å². The van der Waals surface area contributed by atoms with E-state index in [1.807, 2.05) is 0 Å². The fraction of sp³-hybridized carbons (Fsp3) is 0.333. The lowest BCUT2D eigenvalue weighted by Gasteiger charge is -2.50. The number of rotatable bonds is 7. The topological polar surface area (TPSA) is 0 Å². The summed E-state index contributed by atoms with van der Waals surface area (Å²) in [5.41, 5.74) is 4.41. The van der Waals surface area contributed by atoms with Crippen LogP contribution in [0.15, 0.2) is 72.8 Å². The zero-order chi connectivity index (χ0) is 21.1. The van der Waals surface area contributed by atoms with Crippen molar-refractivity contribution in [1.82, 2.24) is 0 Å². The minimum atomic E-state index is -2.20. The van der Waals surface area contributed by atoms with Crippen LogP contribution < -0.4 is 15.6 Å². The molecule has 0 nitrogen and oxygen atoms in total. The van der Waals surface area contributed by atoms with E-state index in [1.54, 1.807) is 15.6 Å². The molecule has 0 saturated carbocycles. The smallest absolute Gasteiger partial charge is 0.0679 e. The summed E-state index contributed by atoms with van der Waals surface area (Å²) >= 11 is 0. The van der Waals surface area contributed by atoms with Crippen LogP contribution in [0.3, 0.4) is 0 Å². The van der Waals surface area contributed by atoms with Crippen molar-refractivity contribution in [2.75, 3.05) is 0 Å². The maximum atomic E-state index is 2.48. The van der Waals surface area contributed by atoms with Crippen LogP contribution >= 0.6 is 0 Å². The van der Waals surface area contributed by atoms with Gasteiger partial charge in [-0.25, -0.2) is 0 Å². The van der Waals surface area contributed by atoms with E-state index >= 15 is 0 Å². The fourth-order valence-electron chi connectivity index (χ4n) is 5.82. The van der Waals surface area contributed by atoms with Gasteiger partial charge < -0.3 is 0 Å². The molecule has 3 aromatic carbocycles. The van der Waals surface area contributed by atoms with Crippen LogP contribution in [0.5, 0.6) is 0 Å². The summed E-state index contributed by atoms with van der Waals surface area (Å²) in [6.07, 6.45) is 0. The Morgan fingerprint density at radius 1 is 0.483 bits per heavy atom. The molecule has 0 saturated heterocycles. The molecule has 3 aromatic rings. The lowest BCUT2D eigenvalue weighted by atomic mass is 10.2. The molecule has 0 bridgehead atoms. The molecule has 0 heterocycles. The number of hydrogen-bond donors (Lipinski definition) is 0. The Balaban J connectivity index is 2.63. The van der Waals surface area contributed by atoms with Gasteiger partial charge in [-0.1, -0.05) is 128 Å². The summed E-state index contributed by atoms with van der Waals surface area (Å²) in [6, 6.07) is 31.9. The molecule has 0 spiro atoms.